The van der Waals surface area contributed by atoms with Crippen molar-refractivity contribution in [2.24, 2.45) is 0 Å². The molecule has 1 amide bonds. The lowest BCUT2D eigenvalue weighted by molar-refractivity contribution is -0.384. The standard InChI is InChI=1S/C18H21N3O5/c1-3-26-16-9-8-13(12-17(16)25-2)20-18(22)10-11-19-14-6-4-5-7-15(14)21(23)24/h4-9,12,19H,3,10-11H2,1-2H3,(H,20,22). The highest BCUT2D eigenvalue weighted by Gasteiger charge is 2.12. The molecule has 8 heteroatoms. The van der Waals surface area contributed by atoms with E-state index < -0.39 is 4.92 Å². The molecule has 0 aliphatic rings. The van der Waals surface area contributed by atoms with Gasteiger partial charge in [0.1, 0.15) is 5.69 Å². The Hall–Kier alpha value is -3.29. The Labute approximate surface area is 151 Å². The van der Waals surface area contributed by atoms with E-state index in [1.54, 1.807) is 36.4 Å². The molecule has 0 fully saturated rings. The maximum atomic E-state index is 12.1. The van der Waals surface area contributed by atoms with Crippen molar-refractivity contribution in [3.8, 4) is 11.5 Å². The van der Waals surface area contributed by atoms with Gasteiger partial charge in [-0.1, -0.05) is 12.1 Å². The molecule has 0 aromatic heterocycles. The van der Waals surface area contributed by atoms with Crippen LogP contribution in [-0.4, -0.2) is 31.1 Å². The molecule has 2 N–H and O–H groups in total. The highest BCUT2D eigenvalue weighted by atomic mass is 16.6. The normalized spacial score (nSPS) is 10.1. The monoisotopic (exact) mass is 359 g/mol. The van der Waals surface area contributed by atoms with E-state index in [1.165, 1.54) is 13.2 Å². The van der Waals surface area contributed by atoms with Crippen molar-refractivity contribution in [3.63, 3.8) is 0 Å². The summed E-state index contributed by atoms with van der Waals surface area (Å²) in [6.45, 7) is 2.66. The molecule has 0 saturated carbocycles. The number of nitrogens with one attached hydrogen (secondary N) is 2. The minimum atomic E-state index is -0.464. The molecule has 0 aliphatic carbocycles. The van der Waals surface area contributed by atoms with Gasteiger partial charge in [0, 0.05) is 30.8 Å². The van der Waals surface area contributed by atoms with Gasteiger partial charge >= 0.3 is 0 Å². The summed E-state index contributed by atoms with van der Waals surface area (Å²) < 4.78 is 10.7. The van der Waals surface area contributed by atoms with E-state index in [0.29, 0.717) is 29.5 Å². The zero-order valence-electron chi connectivity index (χ0n) is 14.7. The largest absolute Gasteiger partial charge is 0.493 e. The fourth-order valence-corrected chi connectivity index (χ4v) is 2.34. The number of nitro benzene ring substituents is 1. The molecule has 2 aromatic rings. The number of nitrogens with zero attached hydrogens (tertiary/aromatic N) is 1. The summed E-state index contributed by atoms with van der Waals surface area (Å²) in [5, 5.41) is 16.6. The number of nitro groups is 1. The van der Waals surface area contributed by atoms with Crippen LogP contribution in [0.3, 0.4) is 0 Å². The van der Waals surface area contributed by atoms with Crippen LogP contribution in [0, 0.1) is 10.1 Å². The maximum Gasteiger partial charge on any atom is 0.292 e. The van der Waals surface area contributed by atoms with Gasteiger partial charge in [0.05, 0.1) is 18.6 Å². The number of anilines is 2. The van der Waals surface area contributed by atoms with Gasteiger partial charge in [-0.15, -0.1) is 0 Å². The maximum absolute atomic E-state index is 12.1. The van der Waals surface area contributed by atoms with Crippen molar-refractivity contribution in [1.82, 2.24) is 0 Å². The minimum absolute atomic E-state index is 0.0239. The van der Waals surface area contributed by atoms with Crippen LogP contribution in [0.15, 0.2) is 42.5 Å². The van der Waals surface area contributed by atoms with Crippen molar-refractivity contribution in [2.75, 3.05) is 30.9 Å². The molecule has 0 heterocycles. The lowest BCUT2D eigenvalue weighted by Crippen LogP contribution is -2.16. The molecule has 2 aromatic carbocycles. The van der Waals surface area contributed by atoms with Crippen molar-refractivity contribution >= 4 is 23.0 Å². The van der Waals surface area contributed by atoms with E-state index in [2.05, 4.69) is 10.6 Å². The molecule has 0 spiro atoms. The quantitative estimate of drug-likeness (QED) is 0.525. The molecule has 0 atom stereocenters. The predicted octanol–water partition coefficient (Wildman–Crippen LogP) is 3.44. The number of para-hydroxylation sites is 2. The highest BCUT2D eigenvalue weighted by molar-refractivity contribution is 5.91. The summed E-state index contributed by atoms with van der Waals surface area (Å²) in [5.41, 5.74) is 0.943. The van der Waals surface area contributed by atoms with Gasteiger partial charge in [-0.25, -0.2) is 0 Å². The van der Waals surface area contributed by atoms with Crippen molar-refractivity contribution in [1.29, 1.82) is 0 Å². The Kier molecular flexibility index (Phi) is 6.78. The number of benzene rings is 2. The summed E-state index contributed by atoms with van der Waals surface area (Å²) in [7, 11) is 1.53. The highest BCUT2D eigenvalue weighted by Crippen LogP contribution is 2.30. The van der Waals surface area contributed by atoms with Gasteiger partial charge in [0.15, 0.2) is 11.5 Å². The SMILES string of the molecule is CCOc1ccc(NC(=O)CCNc2ccccc2[N+](=O)[O-])cc1OC. The second-order valence-corrected chi connectivity index (χ2v) is 5.30. The van der Waals surface area contributed by atoms with Gasteiger partial charge < -0.3 is 20.1 Å². The van der Waals surface area contributed by atoms with Gasteiger partial charge in [0.25, 0.3) is 5.69 Å². The number of hydrogen-bond donors (Lipinski definition) is 2. The topological polar surface area (TPSA) is 103 Å². The number of carbonyl (C=O) groups is 1. The lowest BCUT2D eigenvalue weighted by atomic mass is 10.2. The first-order valence-corrected chi connectivity index (χ1v) is 8.13. The Morgan fingerprint density at radius 2 is 1.96 bits per heavy atom. The molecule has 0 radical (unpaired) electrons. The zero-order valence-corrected chi connectivity index (χ0v) is 14.7. The number of amides is 1. The molecule has 138 valence electrons. The van der Waals surface area contributed by atoms with Gasteiger partial charge in [0.2, 0.25) is 5.91 Å². The predicted molar refractivity (Wildman–Crippen MR) is 99.0 cm³/mol. The van der Waals surface area contributed by atoms with Crippen LogP contribution in [0.1, 0.15) is 13.3 Å². The first-order chi connectivity index (χ1) is 12.5. The summed E-state index contributed by atoms with van der Waals surface area (Å²) in [4.78, 5) is 22.6. The third-order valence-corrected chi connectivity index (χ3v) is 3.52. The number of hydrogen-bond acceptors (Lipinski definition) is 6. The number of ether oxygens (including phenoxy) is 2. The average molecular weight is 359 g/mol. The molecule has 0 unspecified atom stereocenters. The van der Waals surface area contributed by atoms with Crippen LogP contribution < -0.4 is 20.1 Å². The van der Waals surface area contributed by atoms with E-state index in [4.69, 9.17) is 9.47 Å². The van der Waals surface area contributed by atoms with Crippen molar-refractivity contribution in [2.45, 2.75) is 13.3 Å². The molecule has 0 saturated heterocycles. The zero-order chi connectivity index (χ0) is 18.9. The van der Waals surface area contributed by atoms with Crippen molar-refractivity contribution < 1.29 is 19.2 Å². The van der Waals surface area contributed by atoms with E-state index in [-0.39, 0.29) is 24.6 Å². The van der Waals surface area contributed by atoms with Crippen LogP contribution in [0.4, 0.5) is 17.1 Å². The Bertz CT molecular complexity index is 779. The van der Waals surface area contributed by atoms with Crippen LogP contribution in [0.25, 0.3) is 0 Å². The first kappa shape index (κ1) is 19.0. The second-order valence-electron chi connectivity index (χ2n) is 5.30. The number of methoxy groups -OCH3 is 1. The Morgan fingerprint density at radius 1 is 1.19 bits per heavy atom. The van der Waals surface area contributed by atoms with Crippen LogP contribution in [0.2, 0.25) is 0 Å². The van der Waals surface area contributed by atoms with E-state index in [0.717, 1.165) is 0 Å². The minimum Gasteiger partial charge on any atom is -0.493 e. The average Bonchev–Trinajstić information content (AvgIpc) is 2.63. The van der Waals surface area contributed by atoms with E-state index in [9.17, 15) is 14.9 Å². The third kappa shape index (κ3) is 5.10. The van der Waals surface area contributed by atoms with Crippen molar-refractivity contribution in [3.05, 3.63) is 52.6 Å². The summed E-state index contributed by atoms with van der Waals surface area (Å²) in [6.07, 6.45) is 0.154. The number of rotatable bonds is 9. The second kappa shape index (κ2) is 9.26. The Balaban J connectivity index is 1.90. The van der Waals surface area contributed by atoms with Crippen LogP contribution in [0.5, 0.6) is 11.5 Å². The summed E-state index contributed by atoms with van der Waals surface area (Å²) in [5.74, 6) is 0.913. The van der Waals surface area contributed by atoms with E-state index in [1.807, 2.05) is 6.92 Å². The summed E-state index contributed by atoms with van der Waals surface area (Å²) in [6, 6.07) is 11.4. The molecule has 26 heavy (non-hydrogen) atoms. The van der Waals surface area contributed by atoms with Gasteiger partial charge in [-0.05, 0) is 25.1 Å². The molecule has 8 nitrogen and oxygen atoms in total. The molecule has 2 rings (SSSR count). The Morgan fingerprint density at radius 3 is 2.65 bits per heavy atom. The fourth-order valence-electron chi connectivity index (χ4n) is 2.34. The molecule has 0 bridgehead atoms. The van der Waals surface area contributed by atoms with Gasteiger partial charge in [-0.2, -0.15) is 0 Å². The third-order valence-electron chi connectivity index (χ3n) is 3.52. The first-order valence-electron chi connectivity index (χ1n) is 8.13. The molecule has 0 aliphatic heterocycles. The smallest absolute Gasteiger partial charge is 0.292 e. The van der Waals surface area contributed by atoms with Gasteiger partial charge in [-0.3, -0.25) is 14.9 Å². The van der Waals surface area contributed by atoms with Crippen LogP contribution in [-0.2, 0) is 4.79 Å². The molecular formula is C18H21N3O5. The van der Waals surface area contributed by atoms with Crippen LogP contribution >= 0.6 is 0 Å². The van der Waals surface area contributed by atoms with E-state index >= 15 is 0 Å². The fraction of sp³-hybridized carbons (Fsp3) is 0.278. The lowest BCUT2D eigenvalue weighted by Gasteiger charge is -2.12. The number of carbonyl (C=O) groups excluding carboxylic acids is 1. The summed E-state index contributed by atoms with van der Waals surface area (Å²) >= 11 is 0. The molecular weight excluding hydrogens is 338 g/mol.